The van der Waals surface area contributed by atoms with Crippen molar-refractivity contribution in [2.75, 3.05) is 12.4 Å². The van der Waals surface area contributed by atoms with Crippen LogP contribution in [-0.4, -0.2) is 23.3 Å². The largest absolute Gasteiger partial charge is 0.461 e. The highest BCUT2D eigenvalue weighted by Gasteiger charge is 2.11. The van der Waals surface area contributed by atoms with Gasteiger partial charge in [-0.05, 0) is 6.92 Å². The third kappa shape index (κ3) is 3.90. The minimum atomic E-state index is -0.388. The van der Waals surface area contributed by atoms with Crippen LogP contribution in [-0.2, 0) is 4.74 Å². The summed E-state index contributed by atoms with van der Waals surface area (Å²) >= 11 is 2.87. The molecule has 1 aromatic rings. The Kier molecular flexibility index (Phi) is 5.15. The molecule has 0 bridgehead atoms. The fourth-order valence-corrected chi connectivity index (χ4v) is 2.52. The van der Waals surface area contributed by atoms with Gasteiger partial charge in [-0.1, -0.05) is 11.8 Å². The molecule has 80 valence electrons. The van der Waals surface area contributed by atoms with Crippen LogP contribution in [0, 0.1) is 11.3 Å². The van der Waals surface area contributed by atoms with Crippen molar-refractivity contribution in [3.05, 3.63) is 11.1 Å². The second-order valence-electron chi connectivity index (χ2n) is 2.48. The molecule has 0 fully saturated rings. The van der Waals surface area contributed by atoms with Gasteiger partial charge in [0.05, 0.1) is 12.7 Å². The predicted octanol–water partition coefficient (Wildman–Crippen LogP) is 2.33. The minimum Gasteiger partial charge on any atom is -0.461 e. The number of carbonyl (C=O) groups excluding carboxylic acids is 1. The third-order valence-corrected chi connectivity index (χ3v) is 3.43. The summed E-state index contributed by atoms with van der Waals surface area (Å²) in [5, 5.41) is 10.0. The second-order valence-corrected chi connectivity index (χ2v) is 4.68. The maximum Gasteiger partial charge on any atom is 0.357 e. The molecule has 0 aliphatic heterocycles. The molecular weight excluding hydrogens is 232 g/mol. The number of ether oxygens (including phenoxy) is 1. The lowest BCUT2D eigenvalue weighted by Crippen LogP contribution is -2.04. The Balaban J connectivity index is 2.49. The van der Waals surface area contributed by atoms with Crippen LogP contribution >= 0.6 is 23.1 Å². The lowest BCUT2D eigenvalue weighted by atomic mass is 10.5. The van der Waals surface area contributed by atoms with Gasteiger partial charge in [0.1, 0.15) is 0 Å². The predicted molar refractivity (Wildman–Crippen MR) is 59.0 cm³/mol. The lowest BCUT2D eigenvalue weighted by molar-refractivity contribution is 0.0520. The van der Waals surface area contributed by atoms with E-state index in [1.54, 1.807) is 12.3 Å². The van der Waals surface area contributed by atoms with Crippen molar-refractivity contribution < 1.29 is 9.53 Å². The number of nitrogens with zero attached hydrogens (tertiary/aromatic N) is 2. The maximum absolute atomic E-state index is 11.2. The average Bonchev–Trinajstić information content (AvgIpc) is 2.67. The van der Waals surface area contributed by atoms with Gasteiger partial charge in [0.2, 0.25) is 0 Å². The van der Waals surface area contributed by atoms with Crippen molar-refractivity contribution in [2.45, 2.75) is 17.7 Å². The average molecular weight is 242 g/mol. The molecule has 0 unspecified atom stereocenters. The van der Waals surface area contributed by atoms with E-state index < -0.39 is 0 Å². The second kappa shape index (κ2) is 6.43. The summed E-state index contributed by atoms with van der Waals surface area (Å²) in [6, 6.07) is 2.05. The number of nitriles is 1. The number of aromatic nitrogens is 1. The molecule has 0 saturated carbocycles. The molecule has 0 amide bonds. The van der Waals surface area contributed by atoms with Gasteiger partial charge in [-0.3, -0.25) is 0 Å². The Morgan fingerprint density at radius 1 is 1.80 bits per heavy atom. The van der Waals surface area contributed by atoms with Crippen LogP contribution in [0.4, 0.5) is 0 Å². The highest BCUT2D eigenvalue weighted by molar-refractivity contribution is 8.01. The van der Waals surface area contributed by atoms with Crippen LogP contribution in [0.2, 0.25) is 0 Å². The van der Waals surface area contributed by atoms with Gasteiger partial charge in [-0.25, -0.2) is 9.78 Å². The molecule has 0 aromatic carbocycles. The molecule has 0 atom stereocenters. The number of hydrogen-bond acceptors (Lipinski definition) is 6. The Labute approximate surface area is 96.3 Å². The number of thioether (sulfide) groups is 1. The molecule has 1 heterocycles. The van der Waals surface area contributed by atoms with E-state index in [0.717, 1.165) is 4.34 Å². The Hall–Kier alpha value is -1.06. The molecule has 6 heteroatoms. The van der Waals surface area contributed by atoms with Crippen LogP contribution in [0.5, 0.6) is 0 Å². The topological polar surface area (TPSA) is 63.0 Å². The standard InChI is InChI=1S/C9H10N2O2S2/c1-2-13-8(12)7-6-15-9(11-7)14-5-3-4-10/h6H,2-3,5H2,1H3. The van der Waals surface area contributed by atoms with Crippen LogP contribution in [0.3, 0.4) is 0 Å². The Bertz CT molecular complexity index is 370. The van der Waals surface area contributed by atoms with Gasteiger partial charge in [0.25, 0.3) is 0 Å². The van der Waals surface area contributed by atoms with E-state index in [9.17, 15) is 4.79 Å². The minimum absolute atomic E-state index is 0.348. The monoisotopic (exact) mass is 242 g/mol. The molecule has 1 rings (SSSR count). The Morgan fingerprint density at radius 3 is 3.27 bits per heavy atom. The number of rotatable bonds is 5. The SMILES string of the molecule is CCOC(=O)c1csc(SCCC#N)n1. The number of esters is 1. The molecule has 4 nitrogen and oxygen atoms in total. The molecule has 1 aromatic heterocycles. The molecule has 0 N–H and O–H groups in total. The summed E-state index contributed by atoms with van der Waals surface area (Å²) < 4.78 is 5.61. The first-order valence-electron chi connectivity index (χ1n) is 4.40. The van der Waals surface area contributed by atoms with Crippen molar-refractivity contribution in [2.24, 2.45) is 0 Å². The van der Waals surface area contributed by atoms with Crippen molar-refractivity contribution in [3.8, 4) is 6.07 Å². The van der Waals surface area contributed by atoms with Crippen LogP contribution in [0.15, 0.2) is 9.72 Å². The van der Waals surface area contributed by atoms with Crippen molar-refractivity contribution in [1.29, 1.82) is 5.26 Å². The number of thiazole rings is 1. The van der Waals surface area contributed by atoms with E-state index in [2.05, 4.69) is 11.1 Å². The van der Waals surface area contributed by atoms with Gasteiger partial charge in [0, 0.05) is 17.6 Å². The summed E-state index contributed by atoms with van der Waals surface area (Å²) in [5.41, 5.74) is 0.348. The molecule has 0 aliphatic rings. The van der Waals surface area contributed by atoms with Crippen LogP contribution in [0.1, 0.15) is 23.8 Å². The smallest absolute Gasteiger partial charge is 0.357 e. The molecule has 0 radical (unpaired) electrons. The van der Waals surface area contributed by atoms with Crippen LogP contribution < -0.4 is 0 Å². The van der Waals surface area contributed by atoms with Gasteiger partial charge in [0.15, 0.2) is 10.0 Å². The van der Waals surface area contributed by atoms with Gasteiger partial charge in [-0.2, -0.15) is 5.26 Å². The summed E-state index contributed by atoms with van der Waals surface area (Å²) in [6.07, 6.45) is 0.485. The molecule has 0 saturated heterocycles. The summed E-state index contributed by atoms with van der Waals surface area (Å²) in [4.78, 5) is 15.3. The first-order chi connectivity index (χ1) is 7.27. The lowest BCUT2D eigenvalue weighted by Gasteiger charge is -1.96. The van der Waals surface area contributed by atoms with Crippen LogP contribution in [0.25, 0.3) is 0 Å². The van der Waals surface area contributed by atoms with E-state index in [1.807, 2.05) is 0 Å². The van der Waals surface area contributed by atoms with E-state index in [-0.39, 0.29) is 5.97 Å². The van der Waals surface area contributed by atoms with E-state index in [1.165, 1.54) is 23.1 Å². The zero-order valence-corrected chi connectivity index (χ0v) is 9.86. The van der Waals surface area contributed by atoms with Crippen molar-refractivity contribution in [1.82, 2.24) is 4.98 Å². The molecule has 0 aliphatic carbocycles. The maximum atomic E-state index is 11.2. The summed E-state index contributed by atoms with van der Waals surface area (Å²) in [7, 11) is 0. The first-order valence-corrected chi connectivity index (χ1v) is 6.26. The Morgan fingerprint density at radius 2 is 2.60 bits per heavy atom. The zero-order chi connectivity index (χ0) is 11.1. The molecular formula is C9H10N2O2S2. The van der Waals surface area contributed by atoms with E-state index in [4.69, 9.17) is 10.00 Å². The van der Waals surface area contributed by atoms with Gasteiger partial charge >= 0.3 is 5.97 Å². The summed E-state index contributed by atoms with van der Waals surface area (Å²) in [6.45, 7) is 2.11. The fraction of sp³-hybridized carbons (Fsp3) is 0.444. The van der Waals surface area contributed by atoms with E-state index in [0.29, 0.717) is 24.5 Å². The van der Waals surface area contributed by atoms with Gasteiger partial charge < -0.3 is 4.74 Å². The van der Waals surface area contributed by atoms with E-state index >= 15 is 0 Å². The summed E-state index contributed by atoms with van der Waals surface area (Å²) in [5.74, 6) is 0.313. The number of carbonyl (C=O) groups is 1. The highest BCUT2D eigenvalue weighted by Crippen LogP contribution is 2.23. The molecule has 0 spiro atoms. The van der Waals surface area contributed by atoms with Crippen molar-refractivity contribution in [3.63, 3.8) is 0 Å². The normalized spacial score (nSPS) is 9.60. The van der Waals surface area contributed by atoms with Gasteiger partial charge in [-0.15, -0.1) is 11.3 Å². The molecule has 15 heavy (non-hydrogen) atoms. The fourth-order valence-electron chi connectivity index (χ4n) is 0.806. The third-order valence-electron chi connectivity index (χ3n) is 1.41. The zero-order valence-electron chi connectivity index (χ0n) is 8.23. The first kappa shape index (κ1) is 12.0. The quantitative estimate of drug-likeness (QED) is 0.450. The number of hydrogen-bond donors (Lipinski definition) is 0. The highest BCUT2D eigenvalue weighted by atomic mass is 32.2. The van der Waals surface area contributed by atoms with Crippen molar-refractivity contribution >= 4 is 29.1 Å².